The zero-order valence-electron chi connectivity index (χ0n) is 27.5. The first-order valence-corrected chi connectivity index (χ1v) is 16.1. The minimum Gasteiger partial charge on any atom is -0.505 e. The normalized spacial score (nSPS) is 16.7. The third-order valence-electron chi connectivity index (χ3n) is 8.29. The maximum absolute atomic E-state index is 13.2. The third-order valence-corrected chi connectivity index (χ3v) is 8.76. The minimum absolute atomic E-state index is 0.0672. The highest BCUT2D eigenvalue weighted by molar-refractivity contribution is 6.31. The van der Waals surface area contributed by atoms with Crippen LogP contribution in [0, 0.1) is 10.1 Å². The zero-order chi connectivity index (χ0) is 34.5. The lowest BCUT2D eigenvalue weighted by atomic mass is 9.80. The summed E-state index contributed by atoms with van der Waals surface area (Å²) >= 11 is 12.1. The van der Waals surface area contributed by atoms with E-state index in [1.807, 2.05) is 54.5 Å². The molecule has 0 unspecified atom stereocenters. The Balaban J connectivity index is 1.31. The molecule has 1 aliphatic rings. The summed E-state index contributed by atoms with van der Waals surface area (Å²) in [5.74, 6) is -0.201. The zero-order valence-corrected chi connectivity index (χ0v) is 29.0. The fourth-order valence-electron chi connectivity index (χ4n) is 6.34. The molecule has 5 rings (SSSR count). The number of aromatic hydroxyl groups is 1. The Morgan fingerprint density at radius 3 is 2.26 bits per heavy atom. The van der Waals surface area contributed by atoms with Crippen molar-refractivity contribution in [2.45, 2.75) is 96.7 Å². The van der Waals surface area contributed by atoms with E-state index >= 15 is 0 Å². The Labute approximate surface area is 283 Å². The highest BCUT2D eigenvalue weighted by Gasteiger charge is 2.49. The van der Waals surface area contributed by atoms with E-state index in [9.17, 15) is 20.0 Å². The number of hydroxylamine groups is 2. The van der Waals surface area contributed by atoms with E-state index in [0.29, 0.717) is 46.6 Å². The number of nitrogens with zero attached hydrogens (tertiary/aromatic N) is 5. The molecule has 2 heterocycles. The smallest absolute Gasteiger partial charge is 0.315 e. The van der Waals surface area contributed by atoms with Crippen molar-refractivity contribution in [1.82, 2.24) is 20.1 Å². The van der Waals surface area contributed by atoms with Crippen LogP contribution in [0.3, 0.4) is 0 Å². The summed E-state index contributed by atoms with van der Waals surface area (Å²) in [7, 11) is 0. The van der Waals surface area contributed by atoms with Gasteiger partial charge in [-0.2, -0.15) is 0 Å². The van der Waals surface area contributed by atoms with Crippen LogP contribution in [0.5, 0.6) is 11.5 Å². The van der Waals surface area contributed by atoms with E-state index < -0.39 is 27.5 Å². The Bertz CT molecular complexity index is 1830. The summed E-state index contributed by atoms with van der Waals surface area (Å²) in [4.78, 5) is 31.9. The molecule has 0 atom stereocenters. The number of hydrogen-bond acceptors (Lipinski definition) is 9. The van der Waals surface area contributed by atoms with E-state index in [1.165, 1.54) is 16.9 Å². The van der Waals surface area contributed by atoms with Gasteiger partial charge in [-0.25, -0.2) is 0 Å². The molecule has 0 saturated carbocycles. The van der Waals surface area contributed by atoms with Crippen LogP contribution >= 0.6 is 23.2 Å². The average molecular weight is 685 g/mol. The van der Waals surface area contributed by atoms with Crippen LogP contribution in [0.2, 0.25) is 10.0 Å². The van der Waals surface area contributed by atoms with Crippen molar-refractivity contribution in [2.24, 2.45) is 0 Å². The first kappa shape index (κ1) is 34.4. The first-order chi connectivity index (χ1) is 21.8. The lowest BCUT2D eigenvalue weighted by molar-refractivity contribution is -0.388. The molecule has 4 aromatic rings. The molecule has 3 aromatic carbocycles. The van der Waals surface area contributed by atoms with Gasteiger partial charge in [0.25, 0.3) is 0 Å². The Morgan fingerprint density at radius 2 is 1.62 bits per heavy atom. The number of carbonyl (C=O) groups is 1. The molecule has 13 heteroatoms. The van der Waals surface area contributed by atoms with Crippen LogP contribution in [-0.4, -0.2) is 53.2 Å². The van der Waals surface area contributed by atoms with Crippen LogP contribution < -0.4 is 4.84 Å². The maximum atomic E-state index is 13.2. The molecule has 0 aliphatic carbocycles. The topological polar surface area (TPSA) is 133 Å². The van der Waals surface area contributed by atoms with Crippen LogP contribution in [0.25, 0.3) is 16.7 Å². The highest BCUT2D eigenvalue weighted by atomic mass is 35.5. The monoisotopic (exact) mass is 683 g/mol. The van der Waals surface area contributed by atoms with Gasteiger partial charge in [0.1, 0.15) is 28.6 Å². The number of aromatic nitrogens is 3. The predicted molar refractivity (Wildman–Crippen MR) is 180 cm³/mol. The molecule has 1 aromatic heterocycles. The number of carbonyl (C=O) groups excluding carboxylic acids is 1. The number of esters is 1. The van der Waals surface area contributed by atoms with Crippen molar-refractivity contribution in [1.29, 1.82) is 0 Å². The number of phenolic OH excluding ortho intramolecular Hbond substituents is 1. The van der Waals surface area contributed by atoms with Gasteiger partial charge in [-0.1, -0.05) is 50.0 Å². The molecule has 11 nitrogen and oxygen atoms in total. The van der Waals surface area contributed by atoms with Crippen LogP contribution in [0.15, 0.2) is 48.5 Å². The molecule has 47 heavy (non-hydrogen) atoms. The molecule has 1 N–H and O–H groups in total. The summed E-state index contributed by atoms with van der Waals surface area (Å²) in [5.41, 5.74) is 1.25. The van der Waals surface area contributed by atoms with Gasteiger partial charge in [-0.3, -0.25) is 14.9 Å². The maximum Gasteiger partial charge on any atom is 0.315 e. The van der Waals surface area contributed by atoms with Crippen LogP contribution in [0.4, 0.5) is 5.69 Å². The van der Waals surface area contributed by atoms with E-state index in [1.54, 1.807) is 35.4 Å². The second-order valence-electron chi connectivity index (χ2n) is 14.3. The number of ether oxygens (including phenoxy) is 1. The van der Waals surface area contributed by atoms with Gasteiger partial charge in [0.05, 0.1) is 16.0 Å². The van der Waals surface area contributed by atoms with Gasteiger partial charge in [-0.05, 0) is 81.5 Å². The number of nitro benzene ring substituents is 1. The van der Waals surface area contributed by atoms with Crippen molar-refractivity contribution >= 4 is 45.9 Å². The average Bonchev–Trinajstić information content (AvgIpc) is 3.36. The second kappa shape index (κ2) is 12.6. The highest BCUT2D eigenvalue weighted by Crippen LogP contribution is 2.42. The number of rotatable bonds is 8. The Hall–Kier alpha value is -3.93. The molecule has 250 valence electrons. The fraction of sp³-hybridized carbons (Fsp3) is 0.441. The number of hydrogen-bond donors (Lipinski definition) is 1. The number of fused-ring (bicyclic) bond motifs is 1. The standard InChI is InChI=1S/C34H39Cl2N5O6/c1-32(2,3)24-14-20(15-28(31(24)43)39-37-25-11-9-21(35)16-26(25)38-39)8-13-30(42)46-23-18-33(4,5)41(34(6,7)19-23)47-29-12-10-22(36)17-27(29)40(44)45/h9-12,14-17,23,43H,8,13,18-19H2,1-7H3. The second-order valence-corrected chi connectivity index (χ2v) is 15.2. The number of piperidine rings is 1. The summed E-state index contributed by atoms with van der Waals surface area (Å²) in [6, 6.07) is 13.2. The van der Waals surface area contributed by atoms with Gasteiger partial charge >= 0.3 is 11.7 Å². The van der Waals surface area contributed by atoms with Crippen molar-refractivity contribution in [3.63, 3.8) is 0 Å². The summed E-state index contributed by atoms with van der Waals surface area (Å²) < 4.78 is 6.01. The lowest BCUT2D eigenvalue weighted by Gasteiger charge is -2.52. The van der Waals surface area contributed by atoms with Gasteiger partial charge < -0.3 is 14.7 Å². The van der Waals surface area contributed by atoms with E-state index in [4.69, 9.17) is 32.8 Å². The van der Waals surface area contributed by atoms with Gasteiger partial charge in [0.2, 0.25) is 5.75 Å². The fourth-order valence-corrected chi connectivity index (χ4v) is 6.68. The lowest BCUT2D eigenvalue weighted by Crippen LogP contribution is -2.63. The summed E-state index contributed by atoms with van der Waals surface area (Å²) in [6.45, 7) is 13.8. The molecule has 1 aliphatic heterocycles. The van der Waals surface area contributed by atoms with Crippen molar-refractivity contribution in [3.8, 4) is 17.2 Å². The van der Waals surface area contributed by atoms with Crippen molar-refractivity contribution < 1.29 is 24.4 Å². The Morgan fingerprint density at radius 1 is 1.00 bits per heavy atom. The molecule has 0 bridgehead atoms. The van der Waals surface area contributed by atoms with Crippen LogP contribution in [0.1, 0.15) is 78.9 Å². The number of phenols is 1. The largest absolute Gasteiger partial charge is 0.505 e. The van der Waals surface area contributed by atoms with Crippen LogP contribution in [-0.2, 0) is 21.4 Å². The Kier molecular flexibility index (Phi) is 9.22. The van der Waals surface area contributed by atoms with Gasteiger partial charge in [0.15, 0.2) is 0 Å². The predicted octanol–water partition coefficient (Wildman–Crippen LogP) is 8.13. The molecular formula is C34H39Cl2N5O6. The van der Waals surface area contributed by atoms with Crippen molar-refractivity contribution in [3.05, 3.63) is 79.8 Å². The quantitative estimate of drug-likeness (QED) is 0.111. The number of benzene rings is 3. The summed E-state index contributed by atoms with van der Waals surface area (Å²) in [5, 5.41) is 34.5. The SMILES string of the molecule is CC(C)(C)c1cc(CCC(=O)OC2CC(C)(C)N(Oc3ccc(Cl)cc3[N+](=O)[O-])C(C)(C)C2)cc(-n2nc3ccc(Cl)cc3n2)c1O. The van der Waals surface area contributed by atoms with E-state index in [2.05, 4.69) is 10.2 Å². The number of aryl methyl sites for hydroxylation is 1. The van der Waals surface area contributed by atoms with E-state index in [-0.39, 0.29) is 34.6 Å². The summed E-state index contributed by atoms with van der Waals surface area (Å²) in [6.07, 6.45) is 0.983. The van der Waals surface area contributed by atoms with E-state index in [0.717, 1.165) is 5.56 Å². The van der Waals surface area contributed by atoms with Gasteiger partial charge in [-0.15, -0.1) is 20.1 Å². The first-order valence-electron chi connectivity index (χ1n) is 15.4. The third kappa shape index (κ3) is 7.47. The minimum atomic E-state index is -0.641. The molecule has 0 radical (unpaired) electrons. The van der Waals surface area contributed by atoms with Gasteiger partial charge in [0, 0.05) is 40.9 Å². The number of halogens is 2. The molecule has 1 saturated heterocycles. The molecule has 0 spiro atoms. The molecule has 0 amide bonds. The number of nitro groups is 1. The van der Waals surface area contributed by atoms with Crippen molar-refractivity contribution in [2.75, 3.05) is 0 Å². The molecule has 1 fully saturated rings. The molecular weight excluding hydrogens is 645 g/mol.